The Morgan fingerprint density at radius 1 is 1.30 bits per heavy atom. The highest BCUT2D eigenvalue weighted by atomic mass is 35.5. The molecule has 0 unspecified atom stereocenters. The van der Waals surface area contributed by atoms with Crippen molar-refractivity contribution in [2.75, 3.05) is 33.4 Å². The molecular formula is C21H26ClN3O5. The Balaban J connectivity index is 1.90. The van der Waals surface area contributed by atoms with Crippen molar-refractivity contribution in [3.8, 4) is 0 Å². The zero-order valence-corrected chi connectivity index (χ0v) is 17.8. The molecule has 2 aliphatic heterocycles. The van der Waals surface area contributed by atoms with Crippen LogP contribution in [0.2, 0.25) is 5.02 Å². The van der Waals surface area contributed by atoms with Crippen LogP contribution in [-0.2, 0) is 19.1 Å². The first-order chi connectivity index (χ1) is 14.4. The second-order valence-electron chi connectivity index (χ2n) is 7.26. The number of hydrogen-bond acceptors (Lipinski definition) is 6. The number of esters is 2. The molecular weight excluding hydrogens is 410 g/mol. The van der Waals surface area contributed by atoms with Gasteiger partial charge >= 0.3 is 18.0 Å². The van der Waals surface area contributed by atoms with Crippen molar-refractivity contribution in [1.29, 1.82) is 0 Å². The molecule has 1 aromatic carbocycles. The van der Waals surface area contributed by atoms with Gasteiger partial charge in [-0.1, -0.05) is 29.8 Å². The summed E-state index contributed by atoms with van der Waals surface area (Å²) in [5.41, 5.74) is 1.35. The van der Waals surface area contributed by atoms with Crippen molar-refractivity contribution in [2.24, 2.45) is 5.92 Å². The Labute approximate surface area is 180 Å². The van der Waals surface area contributed by atoms with Crippen LogP contribution in [0.5, 0.6) is 0 Å². The molecule has 2 N–H and O–H groups in total. The maximum atomic E-state index is 12.7. The van der Waals surface area contributed by atoms with Gasteiger partial charge in [0, 0.05) is 23.8 Å². The largest absolute Gasteiger partial charge is 0.466 e. The summed E-state index contributed by atoms with van der Waals surface area (Å²) < 4.78 is 10.2. The van der Waals surface area contributed by atoms with Gasteiger partial charge in [-0.2, -0.15) is 0 Å². The average Bonchev–Trinajstić information content (AvgIpc) is 2.73. The summed E-state index contributed by atoms with van der Waals surface area (Å²) in [5.74, 6) is -0.994. The van der Waals surface area contributed by atoms with E-state index in [1.807, 2.05) is 4.90 Å². The number of nitrogens with one attached hydrogen (secondary N) is 2. The number of piperidine rings is 1. The molecule has 1 fully saturated rings. The van der Waals surface area contributed by atoms with Gasteiger partial charge in [0.15, 0.2) is 0 Å². The van der Waals surface area contributed by atoms with E-state index in [0.717, 1.165) is 19.4 Å². The molecule has 1 aromatic rings. The van der Waals surface area contributed by atoms with Gasteiger partial charge in [0.1, 0.15) is 0 Å². The molecule has 2 atom stereocenters. The summed E-state index contributed by atoms with van der Waals surface area (Å²) in [7, 11) is 1.30. The highest BCUT2D eigenvalue weighted by Crippen LogP contribution is 2.32. The van der Waals surface area contributed by atoms with Crippen LogP contribution < -0.4 is 10.6 Å². The summed E-state index contributed by atoms with van der Waals surface area (Å²) in [5, 5.41) is 5.95. The maximum absolute atomic E-state index is 12.7. The summed E-state index contributed by atoms with van der Waals surface area (Å²) in [4.78, 5) is 39.2. The van der Waals surface area contributed by atoms with Gasteiger partial charge in [-0.25, -0.2) is 9.59 Å². The van der Waals surface area contributed by atoms with E-state index in [1.165, 1.54) is 7.11 Å². The van der Waals surface area contributed by atoms with Crippen LogP contribution in [0, 0.1) is 5.92 Å². The van der Waals surface area contributed by atoms with Gasteiger partial charge in [0.2, 0.25) is 0 Å². The van der Waals surface area contributed by atoms with Crippen molar-refractivity contribution >= 4 is 29.6 Å². The lowest BCUT2D eigenvalue weighted by atomic mass is 9.94. The molecule has 0 spiro atoms. The molecule has 30 heavy (non-hydrogen) atoms. The molecule has 2 aliphatic rings. The monoisotopic (exact) mass is 435 g/mol. The fraction of sp³-hybridized carbons (Fsp3) is 0.476. The number of rotatable bonds is 6. The van der Waals surface area contributed by atoms with E-state index in [1.54, 1.807) is 31.2 Å². The standard InChI is InChI=1S/C21H26ClN3O5/c1-3-30-19(26)13-7-6-10-25(11-13)12-16-17(20(27)29-2)18(24-21(28)23-16)14-8-4-5-9-15(14)22/h4-5,8-9,13,18H,3,6-7,10-12H2,1-2H3,(H2,23,24,28)/t13-,18+/m1/s1. The van der Waals surface area contributed by atoms with E-state index in [4.69, 9.17) is 21.1 Å². The lowest BCUT2D eigenvalue weighted by molar-refractivity contribution is -0.150. The van der Waals surface area contributed by atoms with Gasteiger partial charge < -0.3 is 20.1 Å². The maximum Gasteiger partial charge on any atom is 0.338 e. The van der Waals surface area contributed by atoms with E-state index >= 15 is 0 Å². The topological polar surface area (TPSA) is 97.0 Å². The van der Waals surface area contributed by atoms with E-state index in [9.17, 15) is 14.4 Å². The van der Waals surface area contributed by atoms with Crippen molar-refractivity contribution in [3.63, 3.8) is 0 Å². The first-order valence-electron chi connectivity index (χ1n) is 9.96. The lowest BCUT2D eigenvalue weighted by Gasteiger charge is -2.35. The first kappa shape index (κ1) is 22.1. The van der Waals surface area contributed by atoms with E-state index in [2.05, 4.69) is 10.6 Å². The Morgan fingerprint density at radius 3 is 2.77 bits per heavy atom. The summed E-state index contributed by atoms with van der Waals surface area (Å²) in [6.07, 6.45) is 1.58. The van der Waals surface area contributed by atoms with E-state index in [-0.39, 0.29) is 11.9 Å². The quantitative estimate of drug-likeness (QED) is 0.666. The molecule has 162 valence electrons. The molecule has 0 aliphatic carbocycles. The minimum absolute atomic E-state index is 0.215. The molecule has 9 heteroatoms. The number of benzene rings is 1. The number of carbonyl (C=O) groups excluding carboxylic acids is 3. The predicted octanol–water partition coefficient (Wildman–Crippen LogP) is 2.40. The molecule has 0 saturated carbocycles. The van der Waals surface area contributed by atoms with Crippen molar-refractivity contribution in [2.45, 2.75) is 25.8 Å². The number of carbonyl (C=O) groups is 3. The minimum Gasteiger partial charge on any atom is -0.466 e. The average molecular weight is 436 g/mol. The zero-order chi connectivity index (χ0) is 21.7. The summed E-state index contributed by atoms with van der Waals surface area (Å²) in [6, 6.07) is 5.87. The fourth-order valence-electron chi connectivity index (χ4n) is 3.91. The SMILES string of the molecule is CCOC(=O)[C@@H]1CCCN(CC2=C(C(=O)OC)[C@H](c3ccccc3Cl)NC(=O)N2)C1. The molecule has 3 rings (SSSR count). The number of amides is 2. The van der Waals surface area contributed by atoms with Gasteiger partial charge in [0.25, 0.3) is 0 Å². The van der Waals surface area contributed by atoms with Crippen LogP contribution in [0.15, 0.2) is 35.5 Å². The number of likely N-dealkylation sites (tertiary alicyclic amines) is 1. The van der Waals surface area contributed by atoms with Gasteiger partial charge in [-0.3, -0.25) is 9.69 Å². The normalized spacial score (nSPS) is 22.2. The number of urea groups is 1. The second kappa shape index (κ2) is 9.95. The van der Waals surface area contributed by atoms with Gasteiger partial charge in [0.05, 0.1) is 31.2 Å². The third kappa shape index (κ3) is 4.94. The Hall–Kier alpha value is -2.58. The van der Waals surface area contributed by atoms with Crippen molar-refractivity contribution < 1.29 is 23.9 Å². The van der Waals surface area contributed by atoms with Crippen LogP contribution in [0.1, 0.15) is 31.4 Å². The smallest absolute Gasteiger partial charge is 0.338 e. The second-order valence-corrected chi connectivity index (χ2v) is 7.67. The van der Waals surface area contributed by atoms with Gasteiger partial charge in [-0.05, 0) is 37.9 Å². The van der Waals surface area contributed by atoms with Crippen LogP contribution in [0.3, 0.4) is 0 Å². The number of nitrogens with zero attached hydrogens (tertiary/aromatic N) is 1. The molecule has 1 saturated heterocycles. The molecule has 2 amide bonds. The van der Waals surface area contributed by atoms with Crippen LogP contribution >= 0.6 is 11.6 Å². The van der Waals surface area contributed by atoms with Crippen molar-refractivity contribution in [3.05, 3.63) is 46.1 Å². The Morgan fingerprint density at radius 2 is 2.07 bits per heavy atom. The minimum atomic E-state index is -0.736. The predicted molar refractivity (Wildman–Crippen MR) is 111 cm³/mol. The third-order valence-electron chi connectivity index (χ3n) is 5.28. The highest BCUT2D eigenvalue weighted by Gasteiger charge is 2.36. The first-order valence-corrected chi connectivity index (χ1v) is 10.3. The Kier molecular flexibility index (Phi) is 7.33. The van der Waals surface area contributed by atoms with Crippen LogP contribution in [0.4, 0.5) is 4.79 Å². The number of hydrogen-bond donors (Lipinski definition) is 2. The molecule has 0 aromatic heterocycles. The Bertz CT molecular complexity index is 857. The van der Waals surface area contributed by atoms with Crippen molar-refractivity contribution in [1.82, 2.24) is 15.5 Å². The van der Waals surface area contributed by atoms with Crippen LogP contribution in [-0.4, -0.2) is 56.2 Å². The van der Waals surface area contributed by atoms with Gasteiger partial charge in [-0.15, -0.1) is 0 Å². The molecule has 2 heterocycles. The fourth-order valence-corrected chi connectivity index (χ4v) is 4.16. The number of halogens is 1. The highest BCUT2D eigenvalue weighted by molar-refractivity contribution is 6.31. The van der Waals surface area contributed by atoms with Crippen LogP contribution in [0.25, 0.3) is 0 Å². The number of methoxy groups -OCH3 is 1. The molecule has 0 bridgehead atoms. The van der Waals surface area contributed by atoms with E-state index in [0.29, 0.717) is 41.6 Å². The number of ether oxygens (including phenoxy) is 2. The summed E-state index contributed by atoms with van der Waals surface area (Å²) >= 11 is 6.33. The third-order valence-corrected chi connectivity index (χ3v) is 5.63. The van der Waals surface area contributed by atoms with E-state index < -0.39 is 18.0 Å². The lowest BCUT2D eigenvalue weighted by Crippen LogP contribution is -2.50. The summed E-state index contributed by atoms with van der Waals surface area (Å²) in [6.45, 7) is 3.67. The molecule has 8 nitrogen and oxygen atoms in total. The zero-order valence-electron chi connectivity index (χ0n) is 17.1. The molecule has 0 radical (unpaired) electrons.